The van der Waals surface area contributed by atoms with E-state index < -0.39 is 11.6 Å². The average Bonchev–Trinajstić information content (AvgIpc) is 3.64. The summed E-state index contributed by atoms with van der Waals surface area (Å²) in [5, 5.41) is 13.3. The molecule has 6 heteroatoms. The Labute approximate surface area is 227 Å². The van der Waals surface area contributed by atoms with Gasteiger partial charge < -0.3 is 20.1 Å². The minimum absolute atomic E-state index is 0.0613. The first-order valence-electron chi connectivity index (χ1n) is 14.0. The van der Waals surface area contributed by atoms with Gasteiger partial charge in [0.25, 0.3) is 0 Å². The van der Waals surface area contributed by atoms with Gasteiger partial charge in [0.2, 0.25) is 0 Å². The van der Waals surface area contributed by atoms with Crippen molar-refractivity contribution in [3.63, 3.8) is 0 Å². The van der Waals surface area contributed by atoms with Crippen molar-refractivity contribution in [3.05, 3.63) is 77.4 Å². The molecule has 0 heterocycles. The molecular weight excluding hydrogens is 476 g/mol. The number of nitrogens with one attached hydrogen (secondary N) is 1. The van der Waals surface area contributed by atoms with E-state index in [4.69, 9.17) is 4.74 Å². The topological polar surface area (TPSA) is 78.9 Å². The maximum atomic E-state index is 13.2. The van der Waals surface area contributed by atoms with Crippen LogP contribution in [0.3, 0.4) is 0 Å². The van der Waals surface area contributed by atoms with Crippen molar-refractivity contribution in [1.82, 2.24) is 10.2 Å². The first-order valence-corrected chi connectivity index (χ1v) is 14.0. The van der Waals surface area contributed by atoms with Crippen LogP contribution in [0.1, 0.15) is 87.7 Å². The molecule has 4 rings (SSSR count). The molecule has 0 aliphatic heterocycles. The van der Waals surface area contributed by atoms with Gasteiger partial charge in [-0.25, -0.2) is 9.59 Å². The van der Waals surface area contributed by atoms with E-state index >= 15 is 0 Å². The molecule has 2 atom stereocenters. The van der Waals surface area contributed by atoms with E-state index in [-0.39, 0.29) is 17.7 Å². The zero-order chi connectivity index (χ0) is 27.3. The first-order chi connectivity index (χ1) is 18.1. The molecule has 6 nitrogen and oxygen atoms in total. The molecule has 2 aromatic rings. The average molecular weight is 519 g/mol. The van der Waals surface area contributed by atoms with Gasteiger partial charge in [0.1, 0.15) is 5.60 Å². The summed E-state index contributed by atoms with van der Waals surface area (Å²) in [6, 6.07) is 18.5. The number of hydrogen-bond acceptors (Lipinski definition) is 4. The number of amides is 1. The van der Waals surface area contributed by atoms with Gasteiger partial charge in [0, 0.05) is 30.6 Å². The Kier molecular flexibility index (Phi) is 8.93. The number of benzene rings is 2. The third-order valence-corrected chi connectivity index (χ3v) is 7.46. The molecule has 38 heavy (non-hydrogen) atoms. The van der Waals surface area contributed by atoms with Crippen LogP contribution < -0.4 is 5.32 Å². The Bertz CT molecular complexity index is 1130. The highest BCUT2D eigenvalue weighted by molar-refractivity contribution is 5.87. The van der Waals surface area contributed by atoms with Gasteiger partial charge in [0.15, 0.2) is 0 Å². The van der Waals surface area contributed by atoms with Gasteiger partial charge in [-0.2, -0.15) is 0 Å². The van der Waals surface area contributed by atoms with Crippen LogP contribution in [0.4, 0.5) is 4.79 Å². The number of carbonyl (C=O) groups excluding carboxylic acids is 1. The lowest BCUT2D eigenvalue weighted by Gasteiger charge is -2.38. The number of carboxylic acids is 1. The van der Waals surface area contributed by atoms with Crippen LogP contribution in [0, 0.1) is 5.92 Å². The van der Waals surface area contributed by atoms with Crippen molar-refractivity contribution in [1.29, 1.82) is 0 Å². The highest BCUT2D eigenvalue weighted by atomic mass is 16.6. The zero-order valence-corrected chi connectivity index (χ0v) is 23.2. The molecule has 2 N–H and O–H groups in total. The van der Waals surface area contributed by atoms with Crippen LogP contribution in [-0.4, -0.2) is 45.8 Å². The quantitative estimate of drug-likeness (QED) is 0.377. The second kappa shape index (κ2) is 12.2. The van der Waals surface area contributed by atoms with Crippen LogP contribution in [0.2, 0.25) is 0 Å². The summed E-state index contributed by atoms with van der Waals surface area (Å²) in [7, 11) is 0. The fourth-order valence-corrected chi connectivity index (χ4v) is 5.58. The lowest BCUT2D eigenvalue weighted by molar-refractivity contribution is 0.00876. The van der Waals surface area contributed by atoms with Crippen LogP contribution in [0.15, 0.2) is 60.7 Å². The maximum Gasteiger partial charge on any atom is 0.410 e. The summed E-state index contributed by atoms with van der Waals surface area (Å²) in [5.74, 6) is -0.403. The van der Waals surface area contributed by atoms with Crippen molar-refractivity contribution in [2.45, 2.75) is 96.5 Å². The summed E-state index contributed by atoms with van der Waals surface area (Å²) in [4.78, 5) is 26.5. The van der Waals surface area contributed by atoms with Crippen molar-refractivity contribution in [3.8, 4) is 0 Å². The minimum Gasteiger partial charge on any atom is -0.478 e. The van der Waals surface area contributed by atoms with E-state index in [2.05, 4.69) is 48.6 Å². The van der Waals surface area contributed by atoms with Crippen molar-refractivity contribution in [2.75, 3.05) is 0 Å². The fourth-order valence-electron chi connectivity index (χ4n) is 5.58. The molecule has 0 spiro atoms. The standard InChI is InChI=1S/C32H42N2O4/c1-5-10-27(23-12-7-6-8-13-23)28-20-29(28)33-25-15-17-26(18-16-25)34(31(37)38-32(2,3)4)21-22-11-9-14-24(19-22)30(35)36/h6-14,19,25-26,28-29,33H,5,15-18,20-21H2,1-4H3,(H,35,36)/t25?,26?,28-,29+/m0/s1. The molecular formula is C32H42N2O4. The molecule has 204 valence electrons. The second-order valence-electron chi connectivity index (χ2n) is 11.7. The monoisotopic (exact) mass is 518 g/mol. The van der Waals surface area contributed by atoms with E-state index in [1.807, 2.05) is 26.8 Å². The molecule has 0 radical (unpaired) electrons. The number of rotatable bonds is 9. The van der Waals surface area contributed by atoms with Gasteiger partial charge in [-0.15, -0.1) is 0 Å². The molecule has 1 amide bonds. The predicted molar refractivity (Wildman–Crippen MR) is 151 cm³/mol. The summed E-state index contributed by atoms with van der Waals surface area (Å²) in [6.45, 7) is 8.15. The van der Waals surface area contributed by atoms with Crippen LogP contribution in [-0.2, 0) is 11.3 Å². The van der Waals surface area contributed by atoms with E-state index in [1.54, 1.807) is 23.1 Å². The summed E-state index contributed by atoms with van der Waals surface area (Å²) in [5.41, 5.74) is 3.21. The third kappa shape index (κ3) is 7.47. The SMILES string of the molecule is CCC=C(c1ccccc1)[C@@H]1C[C@H]1NC1CCC(N(Cc2cccc(C(=O)O)c2)C(=O)OC(C)(C)C)CC1. The lowest BCUT2D eigenvalue weighted by Crippen LogP contribution is -2.47. The number of hydrogen-bond donors (Lipinski definition) is 2. The smallest absolute Gasteiger partial charge is 0.410 e. The maximum absolute atomic E-state index is 13.2. The first kappa shape index (κ1) is 27.9. The Balaban J connectivity index is 1.37. The Morgan fingerprint density at radius 1 is 1.03 bits per heavy atom. The van der Waals surface area contributed by atoms with E-state index in [1.165, 1.54) is 17.6 Å². The van der Waals surface area contributed by atoms with Crippen molar-refractivity contribution < 1.29 is 19.4 Å². The number of nitrogens with zero attached hydrogens (tertiary/aromatic N) is 1. The predicted octanol–water partition coefficient (Wildman–Crippen LogP) is 6.90. The summed E-state index contributed by atoms with van der Waals surface area (Å²) < 4.78 is 5.76. The Hall–Kier alpha value is -3.12. The molecule has 0 aromatic heterocycles. The molecule has 2 aliphatic rings. The molecule has 2 fully saturated rings. The highest BCUT2D eigenvalue weighted by Gasteiger charge is 2.42. The van der Waals surface area contributed by atoms with Gasteiger partial charge in [-0.05, 0) is 88.1 Å². The van der Waals surface area contributed by atoms with Gasteiger partial charge >= 0.3 is 12.1 Å². The number of carbonyl (C=O) groups is 2. The summed E-state index contributed by atoms with van der Waals surface area (Å²) in [6.07, 6.45) is 8.03. The fraction of sp³-hybridized carbons (Fsp3) is 0.500. The lowest BCUT2D eigenvalue weighted by atomic mass is 9.89. The van der Waals surface area contributed by atoms with Gasteiger partial charge in [-0.3, -0.25) is 0 Å². The normalized spacial score (nSPS) is 23.5. The van der Waals surface area contributed by atoms with Crippen molar-refractivity contribution >= 4 is 17.6 Å². The zero-order valence-electron chi connectivity index (χ0n) is 23.2. The van der Waals surface area contributed by atoms with Crippen molar-refractivity contribution in [2.24, 2.45) is 5.92 Å². The molecule has 0 bridgehead atoms. The molecule has 2 aromatic carbocycles. The largest absolute Gasteiger partial charge is 0.478 e. The Morgan fingerprint density at radius 2 is 1.71 bits per heavy atom. The molecule has 0 unspecified atom stereocenters. The van der Waals surface area contributed by atoms with E-state index in [9.17, 15) is 14.7 Å². The Morgan fingerprint density at radius 3 is 2.34 bits per heavy atom. The van der Waals surface area contributed by atoms with Gasteiger partial charge in [0.05, 0.1) is 5.56 Å². The molecule has 2 aliphatic carbocycles. The van der Waals surface area contributed by atoms with E-state index in [0.29, 0.717) is 24.5 Å². The number of carboxylic acid groups (broad SMARTS) is 1. The van der Waals surface area contributed by atoms with Crippen LogP contribution >= 0.6 is 0 Å². The third-order valence-electron chi connectivity index (χ3n) is 7.46. The summed E-state index contributed by atoms with van der Waals surface area (Å²) >= 11 is 0. The van der Waals surface area contributed by atoms with Crippen LogP contribution in [0.5, 0.6) is 0 Å². The highest BCUT2D eigenvalue weighted by Crippen LogP contribution is 2.43. The number of allylic oxidation sites excluding steroid dienone is 1. The van der Waals surface area contributed by atoms with Crippen LogP contribution in [0.25, 0.3) is 5.57 Å². The minimum atomic E-state index is -0.968. The number of aromatic carboxylic acids is 1. The second-order valence-corrected chi connectivity index (χ2v) is 11.7. The molecule has 2 saturated carbocycles. The molecule has 0 saturated heterocycles. The number of ether oxygens (including phenoxy) is 1. The van der Waals surface area contributed by atoms with E-state index in [0.717, 1.165) is 37.7 Å². The van der Waals surface area contributed by atoms with Gasteiger partial charge in [-0.1, -0.05) is 55.5 Å².